The number of carbonyl (C=O) groups excluding carboxylic acids is 1. The summed E-state index contributed by atoms with van der Waals surface area (Å²) in [6.45, 7) is 4.04. The normalized spacial score (nSPS) is 10.2. The number of methoxy groups -OCH3 is 1. The van der Waals surface area contributed by atoms with Crippen LogP contribution in [0.2, 0.25) is 0 Å². The summed E-state index contributed by atoms with van der Waals surface area (Å²) >= 11 is 0. The Labute approximate surface area is 94.4 Å². The van der Waals surface area contributed by atoms with E-state index in [4.69, 9.17) is 5.73 Å². The quantitative estimate of drug-likeness (QED) is 0.748. The molecule has 6 nitrogen and oxygen atoms in total. The average molecular weight is 224 g/mol. The fraction of sp³-hybridized carbons (Fsp3) is 0.500. The predicted molar refractivity (Wildman–Crippen MR) is 60.9 cm³/mol. The van der Waals surface area contributed by atoms with Gasteiger partial charge in [-0.05, 0) is 13.8 Å². The van der Waals surface area contributed by atoms with Crippen molar-refractivity contribution >= 4 is 17.6 Å². The van der Waals surface area contributed by atoms with E-state index < -0.39 is 0 Å². The van der Waals surface area contributed by atoms with Gasteiger partial charge in [0.2, 0.25) is 0 Å². The van der Waals surface area contributed by atoms with Crippen LogP contribution < -0.4 is 10.6 Å². The van der Waals surface area contributed by atoms with Gasteiger partial charge in [0.25, 0.3) is 0 Å². The fourth-order valence-electron chi connectivity index (χ4n) is 1.24. The molecule has 0 amide bonds. The van der Waals surface area contributed by atoms with E-state index in [1.807, 2.05) is 13.8 Å². The van der Waals surface area contributed by atoms with Crippen LogP contribution in [0.25, 0.3) is 0 Å². The van der Waals surface area contributed by atoms with Crippen LogP contribution in [0.15, 0.2) is 12.4 Å². The van der Waals surface area contributed by atoms with Gasteiger partial charge in [-0.25, -0.2) is 4.98 Å². The first-order valence-corrected chi connectivity index (χ1v) is 4.95. The van der Waals surface area contributed by atoms with E-state index in [2.05, 4.69) is 14.7 Å². The molecule has 0 spiro atoms. The zero-order valence-corrected chi connectivity index (χ0v) is 9.67. The Morgan fingerprint density at radius 3 is 2.75 bits per heavy atom. The van der Waals surface area contributed by atoms with E-state index in [1.165, 1.54) is 13.3 Å². The molecule has 1 aromatic heterocycles. The fourth-order valence-corrected chi connectivity index (χ4v) is 1.24. The Balaban J connectivity index is 2.89. The number of rotatable bonds is 4. The van der Waals surface area contributed by atoms with E-state index in [0.29, 0.717) is 11.6 Å². The lowest BCUT2D eigenvalue weighted by atomic mass is 10.3. The van der Waals surface area contributed by atoms with E-state index in [-0.39, 0.29) is 18.6 Å². The van der Waals surface area contributed by atoms with E-state index in [1.54, 1.807) is 11.1 Å². The van der Waals surface area contributed by atoms with Gasteiger partial charge in [0.05, 0.1) is 19.5 Å². The van der Waals surface area contributed by atoms with Crippen LogP contribution in [0.5, 0.6) is 0 Å². The summed E-state index contributed by atoms with van der Waals surface area (Å²) in [5.74, 6) is 0.575. The minimum Gasteiger partial charge on any atom is -0.468 e. The van der Waals surface area contributed by atoms with Crippen molar-refractivity contribution in [3.05, 3.63) is 12.4 Å². The minimum absolute atomic E-state index is 0.107. The van der Waals surface area contributed by atoms with Crippen molar-refractivity contribution in [1.82, 2.24) is 9.97 Å². The second-order valence-electron chi connectivity index (χ2n) is 3.60. The largest absolute Gasteiger partial charge is 0.468 e. The number of nitrogens with zero attached hydrogens (tertiary/aromatic N) is 3. The Morgan fingerprint density at radius 2 is 2.25 bits per heavy atom. The Kier molecular flexibility index (Phi) is 4.04. The first-order valence-electron chi connectivity index (χ1n) is 4.95. The SMILES string of the molecule is COC(=O)CN(c1cncc(N)n1)C(C)C. The molecule has 16 heavy (non-hydrogen) atoms. The highest BCUT2D eigenvalue weighted by molar-refractivity contribution is 5.75. The standard InChI is InChI=1S/C10H16N4O2/c1-7(2)14(6-10(15)16-3)9-5-12-4-8(11)13-9/h4-5,7H,6H2,1-3H3,(H2,11,13). The van der Waals surface area contributed by atoms with Gasteiger partial charge in [0, 0.05) is 6.04 Å². The summed E-state index contributed by atoms with van der Waals surface area (Å²) in [6, 6.07) is 0.107. The number of nitrogens with two attached hydrogens (primary N) is 1. The Bertz CT molecular complexity index is 368. The van der Waals surface area contributed by atoms with Crippen LogP contribution in [-0.2, 0) is 9.53 Å². The van der Waals surface area contributed by atoms with Crippen LogP contribution >= 0.6 is 0 Å². The van der Waals surface area contributed by atoms with Gasteiger partial charge in [-0.2, -0.15) is 0 Å². The molecular formula is C10H16N4O2. The van der Waals surface area contributed by atoms with Crippen LogP contribution in [0, 0.1) is 0 Å². The predicted octanol–water partition coefficient (Wildman–Crippen LogP) is 0.447. The number of hydrogen-bond acceptors (Lipinski definition) is 6. The lowest BCUT2D eigenvalue weighted by Gasteiger charge is -2.26. The molecule has 0 bridgehead atoms. The van der Waals surface area contributed by atoms with Crippen molar-refractivity contribution in [2.45, 2.75) is 19.9 Å². The Hall–Kier alpha value is -1.85. The molecule has 2 N–H and O–H groups in total. The number of hydrogen-bond donors (Lipinski definition) is 1. The smallest absolute Gasteiger partial charge is 0.325 e. The number of anilines is 2. The van der Waals surface area contributed by atoms with Crippen molar-refractivity contribution < 1.29 is 9.53 Å². The van der Waals surface area contributed by atoms with Crippen molar-refractivity contribution in [1.29, 1.82) is 0 Å². The molecule has 0 aliphatic heterocycles. The van der Waals surface area contributed by atoms with Gasteiger partial charge < -0.3 is 15.4 Å². The van der Waals surface area contributed by atoms with Gasteiger partial charge in [-0.1, -0.05) is 0 Å². The Morgan fingerprint density at radius 1 is 1.56 bits per heavy atom. The van der Waals surface area contributed by atoms with E-state index in [0.717, 1.165) is 0 Å². The van der Waals surface area contributed by atoms with Gasteiger partial charge in [-0.15, -0.1) is 0 Å². The number of ether oxygens (including phenoxy) is 1. The molecule has 0 unspecified atom stereocenters. The molecule has 88 valence electrons. The topological polar surface area (TPSA) is 81.3 Å². The summed E-state index contributed by atoms with van der Waals surface area (Å²) in [4.78, 5) is 21.1. The summed E-state index contributed by atoms with van der Waals surface area (Å²) in [5, 5.41) is 0. The second kappa shape index (κ2) is 5.29. The molecule has 0 aliphatic carbocycles. The third kappa shape index (κ3) is 3.08. The van der Waals surface area contributed by atoms with Crippen LogP contribution in [0.4, 0.5) is 11.6 Å². The van der Waals surface area contributed by atoms with Gasteiger partial charge in [0.1, 0.15) is 18.2 Å². The summed E-state index contributed by atoms with van der Waals surface area (Å²) < 4.78 is 4.62. The zero-order valence-electron chi connectivity index (χ0n) is 9.67. The third-order valence-corrected chi connectivity index (χ3v) is 2.09. The van der Waals surface area contributed by atoms with E-state index in [9.17, 15) is 4.79 Å². The van der Waals surface area contributed by atoms with Crippen LogP contribution in [0.1, 0.15) is 13.8 Å². The second-order valence-corrected chi connectivity index (χ2v) is 3.60. The molecule has 0 aliphatic rings. The molecule has 1 aromatic rings. The molecule has 6 heteroatoms. The number of nitrogen functional groups attached to an aromatic ring is 1. The van der Waals surface area contributed by atoms with Gasteiger partial charge >= 0.3 is 5.97 Å². The summed E-state index contributed by atoms with van der Waals surface area (Å²) in [7, 11) is 1.35. The molecule has 0 atom stereocenters. The molecule has 0 radical (unpaired) electrons. The monoisotopic (exact) mass is 224 g/mol. The molecule has 0 saturated carbocycles. The first-order chi connectivity index (χ1) is 7.54. The average Bonchev–Trinajstić information content (AvgIpc) is 2.25. The van der Waals surface area contributed by atoms with Crippen LogP contribution in [-0.4, -0.2) is 35.6 Å². The molecular weight excluding hydrogens is 208 g/mol. The number of carbonyl (C=O) groups is 1. The highest BCUT2D eigenvalue weighted by Gasteiger charge is 2.16. The number of esters is 1. The molecule has 0 fully saturated rings. The lowest BCUT2D eigenvalue weighted by Crippen LogP contribution is -2.37. The molecule has 1 rings (SSSR count). The third-order valence-electron chi connectivity index (χ3n) is 2.09. The van der Waals surface area contributed by atoms with Gasteiger partial charge in [0.15, 0.2) is 0 Å². The molecule has 0 aromatic carbocycles. The maximum atomic E-state index is 11.2. The van der Waals surface area contributed by atoms with Crippen molar-refractivity contribution in [2.24, 2.45) is 0 Å². The highest BCUT2D eigenvalue weighted by Crippen LogP contribution is 2.13. The minimum atomic E-state index is -0.321. The van der Waals surface area contributed by atoms with Gasteiger partial charge in [-0.3, -0.25) is 9.78 Å². The van der Waals surface area contributed by atoms with Crippen molar-refractivity contribution in [3.63, 3.8) is 0 Å². The molecule has 0 saturated heterocycles. The first kappa shape index (κ1) is 12.2. The van der Waals surface area contributed by atoms with Crippen LogP contribution in [0.3, 0.4) is 0 Å². The lowest BCUT2D eigenvalue weighted by molar-refractivity contribution is -0.139. The molecule has 1 heterocycles. The highest BCUT2D eigenvalue weighted by atomic mass is 16.5. The summed E-state index contributed by atoms with van der Waals surface area (Å²) in [6.07, 6.45) is 3.03. The zero-order chi connectivity index (χ0) is 12.1. The maximum Gasteiger partial charge on any atom is 0.325 e. The van der Waals surface area contributed by atoms with Crippen molar-refractivity contribution in [2.75, 3.05) is 24.3 Å². The maximum absolute atomic E-state index is 11.2. The number of aromatic nitrogens is 2. The van der Waals surface area contributed by atoms with E-state index >= 15 is 0 Å². The summed E-state index contributed by atoms with van der Waals surface area (Å²) in [5.41, 5.74) is 5.54. The van der Waals surface area contributed by atoms with Crippen molar-refractivity contribution in [3.8, 4) is 0 Å².